The molecule has 1 aromatic carbocycles. The number of hydrogen-bond donors (Lipinski definition) is 1. The molecule has 0 aliphatic rings. The number of aromatic nitrogens is 2. The minimum absolute atomic E-state index is 0.124. The lowest BCUT2D eigenvalue weighted by Crippen LogP contribution is -2.29. The number of nitrogens with one attached hydrogen (secondary N) is 1. The molecule has 0 bridgehead atoms. The van der Waals surface area contributed by atoms with Crippen molar-refractivity contribution in [3.8, 4) is 6.01 Å². The van der Waals surface area contributed by atoms with Crippen LogP contribution in [0.15, 0.2) is 35.1 Å². The molecular formula is C15H17N3O3. The molecule has 0 aliphatic heterocycles. The molecule has 0 aliphatic carbocycles. The highest BCUT2D eigenvalue weighted by atomic mass is 16.5. The molecule has 1 heterocycles. The summed E-state index contributed by atoms with van der Waals surface area (Å²) in [7, 11) is 1.41. The van der Waals surface area contributed by atoms with Gasteiger partial charge in [0.15, 0.2) is 0 Å². The van der Waals surface area contributed by atoms with Gasteiger partial charge in [-0.25, -0.2) is 4.98 Å². The first-order valence-corrected chi connectivity index (χ1v) is 6.48. The Morgan fingerprint density at radius 2 is 2.10 bits per heavy atom. The molecule has 21 heavy (non-hydrogen) atoms. The van der Waals surface area contributed by atoms with Crippen LogP contribution in [0.3, 0.4) is 0 Å². The average molecular weight is 287 g/mol. The Labute approximate surface area is 122 Å². The van der Waals surface area contributed by atoms with Gasteiger partial charge in [-0.15, -0.1) is 0 Å². The maximum atomic E-state index is 12.0. The second-order valence-electron chi connectivity index (χ2n) is 4.73. The van der Waals surface area contributed by atoms with E-state index in [0.29, 0.717) is 11.4 Å². The van der Waals surface area contributed by atoms with Crippen LogP contribution in [-0.2, 0) is 11.3 Å². The Hall–Kier alpha value is -2.63. The van der Waals surface area contributed by atoms with Gasteiger partial charge >= 0.3 is 0 Å². The Morgan fingerprint density at radius 1 is 1.33 bits per heavy atom. The second kappa shape index (κ2) is 6.21. The van der Waals surface area contributed by atoms with Crippen LogP contribution in [0.5, 0.6) is 6.01 Å². The third kappa shape index (κ3) is 3.68. The van der Waals surface area contributed by atoms with Crippen LogP contribution in [0.4, 0.5) is 5.69 Å². The van der Waals surface area contributed by atoms with Crippen LogP contribution >= 0.6 is 0 Å². The molecule has 0 unspecified atom stereocenters. The highest BCUT2D eigenvalue weighted by Crippen LogP contribution is 2.10. The zero-order valence-corrected chi connectivity index (χ0v) is 12.2. The SMILES string of the molecule is COc1nc(C)cc(=O)n1CC(=O)Nc1cccc(C)c1. The fourth-order valence-corrected chi connectivity index (χ4v) is 1.96. The summed E-state index contributed by atoms with van der Waals surface area (Å²) in [6, 6.07) is 8.92. The molecule has 0 radical (unpaired) electrons. The second-order valence-corrected chi connectivity index (χ2v) is 4.73. The summed E-state index contributed by atoms with van der Waals surface area (Å²) in [5.74, 6) is -0.313. The number of rotatable bonds is 4. The highest BCUT2D eigenvalue weighted by molar-refractivity contribution is 5.90. The fourth-order valence-electron chi connectivity index (χ4n) is 1.96. The first kappa shape index (κ1) is 14.8. The Morgan fingerprint density at radius 3 is 2.76 bits per heavy atom. The van der Waals surface area contributed by atoms with Crippen LogP contribution < -0.4 is 15.6 Å². The van der Waals surface area contributed by atoms with Crippen molar-refractivity contribution in [1.82, 2.24) is 9.55 Å². The van der Waals surface area contributed by atoms with Crippen molar-refractivity contribution in [2.75, 3.05) is 12.4 Å². The summed E-state index contributed by atoms with van der Waals surface area (Å²) >= 11 is 0. The van der Waals surface area contributed by atoms with Gasteiger partial charge in [0, 0.05) is 17.4 Å². The van der Waals surface area contributed by atoms with Crippen LogP contribution in [0.1, 0.15) is 11.3 Å². The molecule has 6 nitrogen and oxygen atoms in total. The lowest BCUT2D eigenvalue weighted by atomic mass is 10.2. The highest BCUT2D eigenvalue weighted by Gasteiger charge is 2.11. The first-order chi connectivity index (χ1) is 9.99. The minimum atomic E-state index is -0.321. The van der Waals surface area contributed by atoms with Gasteiger partial charge in [0.1, 0.15) is 6.54 Å². The molecule has 6 heteroatoms. The molecule has 2 rings (SSSR count). The van der Waals surface area contributed by atoms with Gasteiger partial charge in [0.05, 0.1) is 7.11 Å². The number of nitrogens with zero attached hydrogens (tertiary/aromatic N) is 2. The number of aryl methyl sites for hydroxylation is 2. The van der Waals surface area contributed by atoms with Crippen molar-refractivity contribution >= 4 is 11.6 Å². The van der Waals surface area contributed by atoms with Crippen LogP contribution in [0.2, 0.25) is 0 Å². The monoisotopic (exact) mass is 287 g/mol. The van der Waals surface area contributed by atoms with Crippen LogP contribution in [0, 0.1) is 13.8 Å². The summed E-state index contributed by atoms with van der Waals surface area (Å²) < 4.78 is 6.24. The lowest BCUT2D eigenvalue weighted by molar-refractivity contribution is -0.116. The molecule has 0 saturated heterocycles. The third-order valence-electron chi connectivity index (χ3n) is 2.89. The number of methoxy groups -OCH3 is 1. The van der Waals surface area contributed by atoms with Gasteiger partial charge in [-0.2, -0.15) is 0 Å². The first-order valence-electron chi connectivity index (χ1n) is 6.48. The molecule has 0 atom stereocenters. The van der Waals surface area contributed by atoms with E-state index in [1.165, 1.54) is 17.7 Å². The smallest absolute Gasteiger partial charge is 0.299 e. The van der Waals surface area contributed by atoms with E-state index >= 15 is 0 Å². The Balaban J connectivity index is 2.18. The fraction of sp³-hybridized carbons (Fsp3) is 0.267. The van der Waals surface area contributed by atoms with E-state index in [-0.39, 0.29) is 24.0 Å². The quantitative estimate of drug-likeness (QED) is 0.925. The third-order valence-corrected chi connectivity index (χ3v) is 2.89. The number of benzene rings is 1. The van der Waals surface area contributed by atoms with Gasteiger partial charge in [0.2, 0.25) is 5.91 Å². The van der Waals surface area contributed by atoms with Gasteiger partial charge in [-0.05, 0) is 31.5 Å². The molecular weight excluding hydrogens is 270 g/mol. The predicted octanol–water partition coefficient (Wildman–Crippen LogP) is 1.51. The number of carbonyl (C=O) groups is 1. The van der Waals surface area contributed by atoms with E-state index in [0.717, 1.165) is 5.56 Å². The molecule has 0 spiro atoms. The summed E-state index contributed by atoms with van der Waals surface area (Å²) in [5, 5.41) is 2.74. The van der Waals surface area contributed by atoms with Gasteiger partial charge in [-0.3, -0.25) is 14.2 Å². The lowest BCUT2D eigenvalue weighted by Gasteiger charge is -2.11. The largest absolute Gasteiger partial charge is 0.468 e. The van der Waals surface area contributed by atoms with E-state index in [1.54, 1.807) is 13.0 Å². The zero-order valence-electron chi connectivity index (χ0n) is 12.2. The number of anilines is 1. The maximum absolute atomic E-state index is 12.0. The van der Waals surface area contributed by atoms with Crippen molar-refractivity contribution in [3.63, 3.8) is 0 Å². The van der Waals surface area contributed by atoms with E-state index in [2.05, 4.69) is 10.3 Å². The summed E-state index contributed by atoms with van der Waals surface area (Å²) in [4.78, 5) is 28.1. The topological polar surface area (TPSA) is 73.2 Å². The predicted molar refractivity (Wildman–Crippen MR) is 79.6 cm³/mol. The van der Waals surface area contributed by atoms with Crippen LogP contribution in [-0.4, -0.2) is 22.6 Å². The van der Waals surface area contributed by atoms with Crippen molar-refractivity contribution < 1.29 is 9.53 Å². The number of carbonyl (C=O) groups excluding carboxylic acids is 1. The van der Waals surface area contributed by atoms with E-state index in [9.17, 15) is 9.59 Å². The summed E-state index contributed by atoms with van der Waals surface area (Å²) in [6.07, 6.45) is 0. The molecule has 2 aromatic rings. The number of amides is 1. The molecule has 1 N–H and O–H groups in total. The molecule has 110 valence electrons. The van der Waals surface area contributed by atoms with Gasteiger partial charge in [-0.1, -0.05) is 12.1 Å². The summed E-state index contributed by atoms with van der Waals surface area (Å²) in [5.41, 5.74) is 1.96. The number of ether oxygens (including phenoxy) is 1. The molecule has 1 aromatic heterocycles. The molecule has 1 amide bonds. The standard InChI is InChI=1S/C15H17N3O3/c1-10-5-4-6-12(7-10)17-13(19)9-18-14(20)8-11(2)16-15(18)21-3/h4-8H,9H2,1-3H3,(H,17,19). The van der Waals surface area contributed by atoms with Crippen molar-refractivity contribution in [1.29, 1.82) is 0 Å². The van der Waals surface area contributed by atoms with Crippen molar-refractivity contribution in [2.24, 2.45) is 0 Å². The number of hydrogen-bond acceptors (Lipinski definition) is 4. The van der Waals surface area contributed by atoms with Gasteiger partial charge in [0.25, 0.3) is 11.6 Å². The average Bonchev–Trinajstić information content (AvgIpc) is 2.41. The van der Waals surface area contributed by atoms with E-state index < -0.39 is 0 Å². The Kier molecular flexibility index (Phi) is 4.37. The maximum Gasteiger partial charge on any atom is 0.299 e. The summed E-state index contributed by atoms with van der Waals surface area (Å²) in [6.45, 7) is 3.48. The molecule has 0 fully saturated rings. The normalized spacial score (nSPS) is 10.2. The molecule has 0 saturated carbocycles. The van der Waals surface area contributed by atoms with Gasteiger partial charge < -0.3 is 10.1 Å². The van der Waals surface area contributed by atoms with Crippen LogP contribution in [0.25, 0.3) is 0 Å². The van der Waals surface area contributed by atoms with Crippen molar-refractivity contribution in [3.05, 3.63) is 51.9 Å². The zero-order chi connectivity index (χ0) is 15.4. The van der Waals surface area contributed by atoms with E-state index in [4.69, 9.17) is 4.74 Å². The minimum Gasteiger partial charge on any atom is -0.468 e. The van der Waals surface area contributed by atoms with Crippen molar-refractivity contribution in [2.45, 2.75) is 20.4 Å². The Bertz CT molecular complexity index is 722. The van der Waals surface area contributed by atoms with E-state index in [1.807, 2.05) is 25.1 Å².